The largest absolute Gasteiger partial charge is 0.386 e. The van der Waals surface area contributed by atoms with E-state index in [1.54, 1.807) is 44.4 Å². The van der Waals surface area contributed by atoms with Gasteiger partial charge in [-0.25, -0.2) is 0 Å². The number of anilines is 1. The van der Waals surface area contributed by atoms with Crippen LogP contribution in [0.2, 0.25) is 0 Å². The molecule has 0 saturated carbocycles. The molecular weight excluding hydrogens is 216 g/mol. The average Bonchev–Trinajstić information content (AvgIpc) is 2.37. The van der Waals surface area contributed by atoms with Crippen molar-refractivity contribution in [3.05, 3.63) is 24.0 Å². The number of nitrogens with one attached hydrogen (secondary N) is 1. The number of rotatable bonds is 4. The summed E-state index contributed by atoms with van der Waals surface area (Å²) in [5, 5.41) is 11.7. The summed E-state index contributed by atoms with van der Waals surface area (Å²) in [6.07, 6.45) is 3.18. The van der Waals surface area contributed by atoms with E-state index in [-0.39, 0.29) is 11.8 Å². The Kier molecular flexibility index (Phi) is 4.46. The molecule has 1 aromatic heterocycles. The van der Waals surface area contributed by atoms with Crippen LogP contribution in [0.4, 0.5) is 5.69 Å². The molecule has 1 rings (SSSR count). The van der Waals surface area contributed by atoms with Crippen LogP contribution in [0.3, 0.4) is 0 Å². The number of carbonyl (C=O) groups is 1. The number of hydrogen-bond acceptors (Lipinski definition) is 4. The second kappa shape index (κ2) is 5.85. The van der Waals surface area contributed by atoms with E-state index in [9.17, 15) is 4.79 Å². The van der Waals surface area contributed by atoms with Crippen LogP contribution in [0.1, 0.15) is 17.3 Å². The van der Waals surface area contributed by atoms with Crippen LogP contribution in [-0.2, 0) is 0 Å². The minimum Gasteiger partial charge on any atom is -0.386 e. The molecule has 5 heteroatoms. The first-order valence-corrected chi connectivity index (χ1v) is 5.37. The van der Waals surface area contributed by atoms with Gasteiger partial charge >= 0.3 is 0 Å². The fraction of sp³-hybridized carbons (Fsp3) is 0.417. The molecule has 17 heavy (non-hydrogen) atoms. The predicted octanol–water partition coefficient (Wildman–Crippen LogP) is 1.35. The van der Waals surface area contributed by atoms with Gasteiger partial charge in [0.1, 0.15) is 0 Å². The normalized spacial score (nSPS) is 11.4. The van der Waals surface area contributed by atoms with Crippen molar-refractivity contribution in [2.75, 3.05) is 26.0 Å². The van der Waals surface area contributed by atoms with Crippen LogP contribution in [0, 0.1) is 17.2 Å². The molecule has 1 atom stereocenters. The molecule has 0 saturated heterocycles. The Morgan fingerprint density at radius 3 is 3.00 bits per heavy atom. The highest BCUT2D eigenvalue weighted by Gasteiger charge is 2.16. The summed E-state index contributed by atoms with van der Waals surface area (Å²) in [5.74, 6) is -0.289. The standard InChI is InChI=1S/C12H16N4O/c1-9(6-13)8-16(3)12(17)10-4-5-15-7-11(10)14-2/h4-5,7,9,14H,8H2,1-3H3. The van der Waals surface area contributed by atoms with E-state index in [4.69, 9.17) is 5.26 Å². The highest BCUT2D eigenvalue weighted by Crippen LogP contribution is 2.15. The third-order valence-electron chi connectivity index (χ3n) is 2.44. The van der Waals surface area contributed by atoms with Crippen LogP contribution in [-0.4, -0.2) is 36.4 Å². The van der Waals surface area contributed by atoms with Gasteiger partial charge in [-0.2, -0.15) is 5.26 Å². The van der Waals surface area contributed by atoms with Gasteiger partial charge in [0.25, 0.3) is 5.91 Å². The molecule has 1 heterocycles. The van der Waals surface area contributed by atoms with Gasteiger partial charge in [0.05, 0.1) is 29.4 Å². The van der Waals surface area contributed by atoms with E-state index in [1.165, 1.54) is 0 Å². The number of nitrogens with zero attached hydrogens (tertiary/aromatic N) is 3. The molecule has 0 bridgehead atoms. The molecule has 1 unspecified atom stereocenters. The SMILES string of the molecule is CNc1cnccc1C(=O)N(C)CC(C)C#N. The maximum Gasteiger partial charge on any atom is 0.255 e. The fourth-order valence-electron chi connectivity index (χ4n) is 1.52. The van der Waals surface area contributed by atoms with E-state index in [2.05, 4.69) is 16.4 Å². The van der Waals surface area contributed by atoms with Crippen LogP contribution in [0.15, 0.2) is 18.5 Å². The fourth-order valence-corrected chi connectivity index (χ4v) is 1.52. The third kappa shape index (κ3) is 3.18. The lowest BCUT2D eigenvalue weighted by atomic mass is 10.1. The quantitative estimate of drug-likeness (QED) is 0.850. The Hall–Kier alpha value is -2.09. The molecule has 0 fully saturated rings. The van der Waals surface area contributed by atoms with Gasteiger partial charge in [0.2, 0.25) is 0 Å². The molecule has 1 N–H and O–H groups in total. The van der Waals surface area contributed by atoms with Gasteiger partial charge < -0.3 is 10.2 Å². The summed E-state index contributed by atoms with van der Waals surface area (Å²) in [6.45, 7) is 2.20. The number of pyridine rings is 1. The third-order valence-corrected chi connectivity index (χ3v) is 2.44. The summed E-state index contributed by atoms with van der Waals surface area (Å²) in [7, 11) is 3.43. The van der Waals surface area contributed by atoms with Crippen LogP contribution >= 0.6 is 0 Å². The summed E-state index contributed by atoms with van der Waals surface area (Å²) in [6, 6.07) is 3.78. The molecule has 5 nitrogen and oxygen atoms in total. The Morgan fingerprint density at radius 1 is 1.71 bits per heavy atom. The Balaban J connectivity index is 2.86. The predicted molar refractivity (Wildman–Crippen MR) is 65.5 cm³/mol. The van der Waals surface area contributed by atoms with Crippen LogP contribution in [0.5, 0.6) is 0 Å². The Morgan fingerprint density at radius 2 is 2.41 bits per heavy atom. The topological polar surface area (TPSA) is 69.0 Å². The first kappa shape index (κ1) is 13.0. The van der Waals surface area contributed by atoms with Gasteiger partial charge in [-0.3, -0.25) is 9.78 Å². The molecule has 0 radical (unpaired) electrons. The summed E-state index contributed by atoms with van der Waals surface area (Å²) in [5.41, 5.74) is 1.25. The lowest BCUT2D eigenvalue weighted by molar-refractivity contribution is 0.0786. The van der Waals surface area contributed by atoms with Crippen molar-refractivity contribution >= 4 is 11.6 Å². The number of carbonyl (C=O) groups excluding carboxylic acids is 1. The van der Waals surface area contributed by atoms with E-state index < -0.39 is 0 Å². The summed E-state index contributed by atoms with van der Waals surface area (Å²) < 4.78 is 0. The van der Waals surface area contributed by atoms with Gasteiger partial charge in [0.15, 0.2) is 0 Å². The lowest BCUT2D eigenvalue weighted by Crippen LogP contribution is -2.31. The highest BCUT2D eigenvalue weighted by atomic mass is 16.2. The molecule has 0 aliphatic rings. The number of hydrogen-bond donors (Lipinski definition) is 1. The minimum absolute atomic E-state index is 0.112. The van der Waals surface area contributed by atoms with E-state index in [0.717, 1.165) is 0 Å². The van der Waals surface area contributed by atoms with Crippen molar-refractivity contribution in [1.82, 2.24) is 9.88 Å². The van der Waals surface area contributed by atoms with E-state index in [1.807, 2.05) is 0 Å². The molecule has 90 valence electrons. The van der Waals surface area contributed by atoms with Crippen molar-refractivity contribution in [2.24, 2.45) is 5.92 Å². The van der Waals surface area contributed by atoms with Crippen LogP contribution in [0.25, 0.3) is 0 Å². The Labute approximate surface area is 101 Å². The van der Waals surface area contributed by atoms with Crippen molar-refractivity contribution in [2.45, 2.75) is 6.92 Å². The first-order chi connectivity index (χ1) is 8.10. The monoisotopic (exact) mass is 232 g/mol. The average molecular weight is 232 g/mol. The molecule has 0 aliphatic heterocycles. The van der Waals surface area contributed by atoms with Crippen molar-refractivity contribution in [1.29, 1.82) is 5.26 Å². The molecular formula is C12H16N4O. The van der Waals surface area contributed by atoms with Gasteiger partial charge in [-0.1, -0.05) is 0 Å². The number of aromatic nitrogens is 1. The van der Waals surface area contributed by atoms with Gasteiger partial charge in [0, 0.05) is 26.8 Å². The molecule has 0 spiro atoms. The van der Waals surface area contributed by atoms with E-state index in [0.29, 0.717) is 17.8 Å². The lowest BCUT2D eigenvalue weighted by Gasteiger charge is -2.19. The zero-order chi connectivity index (χ0) is 12.8. The van der Waals surface area contributed by atoms with E-state index >= 15 is 0 Å². The molecule has 1 aromatic rings. The van der Waals surface area contributed by atoms with Gasteiger partial charge in [-0.05, 0) is 13.0 Å². The second-order valence-corrected chi connectivity index (χ2v) is 3.89. The molecule has 1 amide bonds. The highest BCUT2D eigenvalue weighted by molar-refractivity contribution is 5.99. The van der Waals surface area contributed by atoms with Crippen LogP contribution < -0.4 is 5.32 Å². The van der Waals surface area contributed by atoms with Crippen molar-refractivity contribution in [3.8, 4) is 6.07 Å². The first-order valence-electron chi connectivity index (χ1n) is 5.37. The zero-order valence-electron chi connectivity index (χ0n) is 10.3. The maximum absolute atomic E-state index is 12.1. The van der Waals surface area contributed by atoms with Gasteiger partial charge in [-0.15, -0.1) is 0 Å². The summed E-state index contributed by atoms with van der Waals surface area (Å²) in [4.78, 5) is 17.6. The van der Waals surface area contributed by atoms with Crippen molar-refractivity contribution in [3.63, 3.8) is 0 Å². The number of nitriles is 1. The maximum atomic E-state index is 12.1. The molecule has 0 aromatic carbocycles. The smallest absolute Gasteiger partial charge is 0.255 e. The zero-order valence-corrected chi connectivity index (χ0v) is 10.3. The van der Waals surface area contributed by atoms with Crippen molar-refractivity contribution < 1.29 is 4.79 Å². The molecule has 0 aliphatic carbocycles. The minimum atomic E-state index is -0.177. The second-order valence-electron chi connectivity index (χ2n) is 3.89. The Bertz CT molecular complexity index is 438. The number of amides is 1. The summed E-state index contributed by atoms with van der Waals surface area (Å²) >= 11 is 0.